The van der Waals surface area contributed by atoms with Crippen molar-refractivity contribution >= 4 is 28.2 Å². The molecule has 0 radical (unpaired) electrons. The van der Waals surface area contributed by atoms with E-state index in [1.807, 2.05) is 22.5 Å². The molecular formula is C18H25N7S. The van der Waals surface area contributed by atoms with Crippen molar-refractivity contribution < 1.29 is 0 Å². The minimum atomic E-state index is -0.102. The standard InChI is InChI=1S/C18H25N7S/c1-13(17-19-5-10-26-17)23-6-8-24(9-7-23)15-14-11-22-25(18(2,3)4)16(14)21-12-20-15/h5,10-13H,6-9H2,1-4H3. The zero-order chi connectivity index (χ0) is 18.3. The monoisotopic (exact) mass is 371 g/mol. The quantitative estimate of drug-likeness (QED) is 0.705. The average Bonchev–Trinajstić information content (AvgIpc) is 3.30. The number of anilines is 1. The van der Waals surface area contributed by atoms with Gasteiger partial charge in [-0.15, -0.1) is 11.3 Å². The fourth-order valence-corrected chi connectivity index (χ4v) is 4.22. The first kappa shape index (κ1) is 17.4. The Hall–Kier alpha value is -2.06. The van der Waals surface area contributed by atoms with Crippen LogP contribution < -0.4 is 4.90 Å². The summed E-state index contributed by atoms with van der Waals surface area (Å²) >= 11 is 1.73. The molecule has 0 saturated carbocycles. The molecule has 1 unspecified atom stereocenters. The highest BCUT2D eigenvalue weighted by Crippen LogP contribution is 2.29. The van der Waals surface area contributed by atoms with Crippen molar-refractivity contribution in [3.63, 3.8) is 0 Å². The summed E-state index contributed by atoms with van der Waals surface area (Å²) in [5.41, 5.74) is 0.802. The Morgan fingerprint density at radius 3 is 2.50 bits per heavy atom. The van der Waals surface area contributed by atoms with E-state index in [2.05, 4.69) is 57.5 Å². The maximum absolute atomic E-state index is 4.58. The van der Waals surface area contributed by atoms with E-state index in [-0.39, 0.29) is 5.54 Å². The van der Waals surface area contributed by atoms with Crippen molar-refractivity contribution in [2.45, 2.75) is 39.3 Å². The van der Waals surface area contributed by atoms with Crippen LogP contribution in [0.3, 0.4) is 0 Å². The van der Waals surface area contributed by atoms with Crippen LogP contribution in [0.1, 0.15) is 38.7 Å². The summed E-state index contributed by atoms with van der Waals surface area (Å²) < 4.78 is 1.98. The van der Waals surface area contributed by atoms with Gasteiger partial charge in [0.05, 0.1) is 23.2 Å². The molecule has 3 aromatic rings. The molecule has 138 valence electrons. The third-order valence-corrected chi connectivity index (χ3v) is 5.90. The molecule has 4 rings (SSSR count). The molecule has 0 aromatic carbocycles. The lowest BCUT2D eigenvalue weighted by Gasteiger charge is -2.38. The summed E-state index contributed by atoms with van der Waals surface area (Å²) in [5.74, 6) is 0.993. The van der Waals surface area contributed by atoms with E-state index in [0.717, 1.165) is 43.0 Å². The van der Waals surface area contributed by atoms with Gasteiger partial charge in [0.1, 0.15) is 17.2 Å². The molecular weight excluding hydrogens is 346 g/mol. The largest absolute Gasteiger partial charge is 0.353 e. The molecule has 1 aliphatic heterocycles. The van der Waals surface area contributed by atoms with Gasteiger partial charge in [0.2, 0.25) is 0 Å². The van der Waals surface area contributed by atoms with Crippen LogP contribution in [0, 0.1) is 0 Å². The first-order valence-electron chi connectivity index (χ1n) is 9.03. The minimum absolute atomic E-state index is 0.102. The molecule has 0 amide bonds. The topological polar surface area (TPSA) is 63.0 Å². The highest BCUT2D eigenvalue weighted by molar-refractivity contribution is 7.09. The highest BCUT2D eigenvalue weighted by atomic mass is 32.1. The second kappa shape index (κ2) is 6.59. The van der Waals surface area contributed by atoms with E-state index in [1.165, 1.54) is 5.01 Å². The zero-order valence-corrected chi connectivity index (χ0v) is 16.6. The average molecular weight is 372 g/mol. The Balaban J connectivity index is 1.54. The summed E-state index contributed by atoms with van der Waals surface area (Å²) in [6, 6.07) is 0.367. The third-order valence-electron chi connectivity index (χ3n) is 4.95. The van der Waals surface area contributed by atoms with E-state index >= 15 is 0 Å². The lowest BCUT2D eigenvalue weighted by Crippen LogP contribution is -2.47. The summed E-state index contributed by atoms with van der Waals surface area (Å²) in [7, 11) is 0. The number of fused-ring (bicyclic) bond motifs is 1. The number of aromatic nitrogens is 5. The SMILES string of the molecule is CC(c1nccs1)N1CCN(c2ncnc3c2cnn3C(C)(C)C)CC1. The van der Waals surface area contributed by atoms with Crippen molar-refractivity contribution in [3.05, 3.63) is 29.1 Å². The summed E-state index contributed by atoms with van der Waals surface area (Å²) in [6.07, 6.45) is 5.45. The Kier molecular flexibility index (Phi) is 4.40. The van der Waals surface area contributed by atoms with Gasteiger partial charge in [-0.1, -0.05) is 0 Å². The number of thiazole rings is 1. The van der Waals surface area contributed by atoms with Crippen LogP contribution in [-0.4, -0.2) is 55.8 Å². The van der Waals surface area contributed by atoms with Crippen LogP contribution in [0.2, 0.25) is 0 Å². The smallest absolute Gasteiger partial charge is 0.163 e. The molecule has 1 aliphatic rings. The summed E-state index contributed by atoms with van der Waals surface area (Å²) in [4.78, 5) is 18.4. The summed E-state index contributed by atoms with van der Waals surface area (Å²) in [5, 5.41) is 8.84. The molecule has 0 aliphatic carbocycles. The van der Waals surface area contributed by atoms with E-state index in [0.29, 0.717) is 6.04 Å². The molecule has 8 heteroatoms. The van der Waals surface area contributed by atoms with E-state index in [1.54, 1.807) is 17.7 Å². The molecule has 0 N–H and O–H groups in total. The third kappa shape index (κ3) is 3.07. The number of piperazine rings is 1. The molecule has 4 heterocycles. The van der Waals surface area contributed by atoms with Gasteiger partial charge < -0.3 is 4.90 Å². The zero-order valence-electron chi connectivity index (χ0n) is 15.8. The fourth-order valence-electron chi connectivity index (χ4n) is 3.49. The second-order valence-corrected chi connectivity index (χ2v) is 8.66. The van der Waals surface area contributed by atoms with E-state index in [4.69, 9.17) is 0 Å². The Bertz CT molecular complexity index is 873. The van der Waals surface area contributed by atoms with Gasteiger partial charge in [0.25, 0.3) is 0 Å². The lowest BCUT2D eigenvalue weighted by atomic mass is 10.1. The number of hydrogen-bond donors (Lipinski definition) is 0. The van der Waals surface area contributed by atoms with Gasteiger partial charge in [-0.2, -0.15) is 5.10 Å². The molecule has 7 nitrogen and oxygen atoms in total. The van der Waals surface area contributed by atoms with E-state index in [9.17, 15) is 0 Å². The van der Waals surface area contributed by atoms with Gasteiger partial charge >= 0.3 is 0 Å². The fraction of sp³-hybridized carbons (Fsp3) is 0.556. The van der Waals surface area contributed by atoms with Crippen molar-refractivity contribution in [2.75, 3.05) is 31.1 Å². The van der Waals surface area contributed by atoms with Crippen LogP contribution in [0.4, 0.5) is 5.82 Å². The van der Waals surface area contributed by atoms with Crippen molar-refractivity contribution in [3.8, 4) is 0 Å². The predicted molar refractivity (Wildman–Crippen MR) is 105 cm³/mol. The first-order chi connectivity index (χ1) is 12.4. The van der Waals surface area contributed by atoms with Crippen LogP contribution in [0.15, 0.2) is 24.1 Å². The molecule has 0 spiro atoms. The van der Waals surface area contributed by atoms with Crippen LogP contribution in [-0.2, 0) is 5.54 Å². The molecule has 1 atom stereocenters. The Morgan fingerprint density at radius 1 is 1.08 bits per heavy atom. The van der Waals surface area contributed by atoms with E-state index < -0.39 is 0 Å². The molecule has 0 bridgehead atoms. The van der Waals surface area contributed by atoms with Gasteiger partial charge in [0, 0.05) is 37.8 Å². The van der Waals surface area contributed by atoms with Gasteiger partial charge in [-0.25, -0.2) is 19.6 Å². The van der Waals surface area contributed by atoms with Gasteiger partial charge in [0.15, 0.2) is 5.65 Å². The Labute approximate surface area is 157 Å². The van der Waals surface area contributed by atoms with Crippen LogP contribution in [0.5, 0.6) is 0 Å². The second-order valence-electron chi connectivity index (χ2n) is 7.73. The van der Waals surface area contributed by atoms with Crippen molar-refractivity contribution in [1.29, 1.82) is 0 Å². The molecule has 1 fully saturated rings. The normalized spacial score (nSPS) is 17.8. The van der Waals surface area contributed by atoms with Gasteiger partial charge in [-0.05, 0) is 27.7 Å². The molecule has 3 aromatic heterocycles. The highest BCUT2D eigenvalue weighted by Gasteiger charge is 2.26. The lowest BCUT2D eigenvalue weighted by molar-refractivity contribution is 0.198. The van der Waals surface area contributed by atoms with Crippen LogP contribution >= 0.6 is 11.3 Å². The number of hydrogen-bond acceptors (Lipinski definition) is 7. The maximum Gasteiger partial charge on any atom is 0.163 e. The minimum Gasteiger partial charge on any atom is -0.353 e. The number of nitrogens with zero attached hydrogens (tertiary/aromatic N) is 7. The summed E-state index contributed by atoms with van der Waals surface area (Å²) in [6.45, 7) is 12.6. The predicted octanol–water partition coefficient (Wildman–Crippen LogP) is 2.92. The maximum atomic E-state index is 4.58. The van der Waals surface area contributed by atoms with Crippen molar-refractivity contribution in [2.24, 2.45) is 0 Å². The number of rotatable bonds is 3. The molecule has 1 saturated heterocycles. The van der Waals surface area contributed by atoms with Crippen molar-refractivity contribution in [1.82, 2.24) is 29.6 Å². The van der Waals surface area contributed by atoms with Gasteiger partial charge in [-0.3, -0.25) is 4.90 Å². The van der Waals surface area contributed by atoms with Crippen LogP contribution in [0.25, 0.3) is 11.0 Å². The Morgan fingerprint density at radius 2 is 1.85 bits per heavy atom. The first-order valence-corrected chi connectivity index (χ1v) is 9.91. The molecule has 26 heavy (non-hydrogen) atoms.